The summed E-state index contributed by atoms with van der Waals surface area (Å²) in [4.78, 5) is 13.9. The van der Waals surface area contributed by atoms with Crippen molar-refractivity contribution in [2.75, 3.05) is 6.54 Å². The van der Waals surface area contributed by atoms with Gasteiger partial charge in [0, 0.05) is 12.1 Å². The molecule has 0 amide bonds. The van der Waals surface area contributed by atoms with Crippen LogP contribution < -0.4 is 0 Å². The third kappa shape index (κ3) is 5.01. The van der Waals surface area contributed by atoms with Gasteiger partial charge in [-0.25, -0.2) is 4.79 Å². The van der Waals surface area contributed by atoms with E-state index in [0.717, 1.165) is 24.9 Å². The van der Waals surface area contributed by atoms with Gasteiger partial charge in [-0.05, 0) is 82.2 Å². The van der Waals surface area contributed by atoms with Gasteiger partial charge in [0.05, 0.1) is 5.56 Å². The predicted molar refractivity (Wildman–Crippen MR) is 110 cm³/mol. The number of hydrogen-bond donors (Lipinski definition) is 2. The van der Waals surface area contributed by atoms with Gasteiger partial charge in [-0.2, -0.15) is 0 Å². The van der Waals surface area contributed by atoms with Crippen LogP contribution >= 0.6 is 0 Å². The fraction of sp³-hybridized carbons (Fsp3) is 0.522. The first-order valence-corrected chi connectivity index (χ1v) is 9.82. The lowest BCUT2D eigenvalue weighted by Crippen LogP contribution is -2.39. The summed E-state index contributed by atoms with van der Waals surface area (Å²) in [6.45, 7) is 11.9. The number of carbonyl (C=O) groups is 1. The fourth-order valence-corrected chi connectivity index (χ4v) is 4.20. The maximum atomic E-state index is 11.5. The molecule has 0 saturated carbocycles. The Balaban J connectivity index is 2.42. The Labute approximate surface area is 163 Å². The summed E-state index contributed by atoms with van der Waals surface area (Å²) in [6.07, 6.45) is 10.2. The molecule has 2 atom stereocenters. The van der Waals surface area contributed by atoms with E-state index < -0.39 is 5.97 Å². The standard InChI is InChI=1S/C23H33NO3/c1-16(2)24(17(3)4)14-11-20(23(5)12-7-6-8-13-23)19-15-18(22(26)27)9-10-21(19)25/h6-10,12,15-17,20,25H,11,13-14H2,1-5H3,(H,26,27). The minimum absolute atomic E-state index is 0.0259. The number of rotatable bonds is 8. The number of hydrogen-bond acceptors (Lipinski definition) is 3. The molecule has 0 radical (unpaired) electrons. The average molecular weight is 372 g/mol. The number of aromatic carboxylic acids is 1. The fourth-order valence-electron chi connectivity index (χ4n) is 4.20. The number of aromatic hydroxyl groups is 1. The quantitative estimate of drug-likeness (QED) is 0.659. The number of phenolic OH excluding ortho intramolecular Hbond substituents is 1. The molecule has 4 heteroatoms. The van der Waals surface area contributed by atoms with Crippen molar-refractivity contribution < 1.29 is 15.0 Å². The van der Waals surface area contributed by atoms with Crippen LogP contribution in [0, 0.1) is 5.41 Å². The molecule has 0 heterocycles. The first-order chi connectivity index (χ1) is 12.7. The largest absolute Gasteiger partial charge is 0.508 e. The van der Waals surface area contributed by atoms with E-state index in [1.54, 1.807) is 6.07 Å². The topological polar surface area (TPSA) is 60.8 Å². The molecule has 0 spiro atoms. The van der Waals surface area contributed by atoms with Gasteiger partial charge in [0.1, 0.15) is 5.75 Å². The van der Waals surface area contributed by atoms with Crippen molar-refractivity contribution in [2.24, 2.45) is 5.41 Å². The first-order valence-electron chi connectivity index (χ1n) is 9.82. The normalized spacial score (nSPS) is 20.6. The van der Waals surface area contributed by atoms with E-state index in [-0.39, 0.29) is 22.6 Å². The van der Waals surface area contributed by atoms with Crippen molar-refractivity contribution in [1.82, 2.24) is 4.90 Å². The Morgan fingerprint density at radius 3 is 2.37 bits per heavy atom. The van der Waals surface area contributed by atoms with E-state index in [1.165, 1.54) is 12.1 Å². The van der Waals surface area contributed by atoms with E-state index in [1.807, 2.05) is 6.08 Å². The third-order valence-corrected chi connectivity index (χ3v) is 5.73. The molecule has 0 aliphatic heterocycles. The van der Waals surface area contributed by atoms with Crippen molar-refractivity contribution in [3.63, 3.8) is 0 Å². The molecule has 2 rings (SSSR count). The molecule has 1 aromatic rings. The molecule has 27 heavy (non-hydrogen) atoms. The monoisotopic (exact) mass is 371 g/mol. The zero-order valence-electron chi connectivity index (χ0n) is 17.1. The molecule has 148 valence electrons. The second-order valence-electron chi connectivity index (χ2n) is 8.34. The van der Waals surface area contributed by atoms with Gasteiger partial charge in [0.25, 0.3) is 0 Å². The highest BCUT2D eigenvalue weighted by molar-refractivity contribution is 5.88. The molecular weight excluding hydrogens is 338 g/mol. The summed E-state index contributed by atoms with van der Waals surface area (Å²) in [5, 5.41) is 20.0. The molecule has 4 nitrogen and oxygen atoms in total. The minimum atomic E-state index is -0.967. The molecule has 0 fully saturated rings. The van der Waals surface area contributed by atoms with Crippen LogP contribution in [-0.2, 0) is 0 Å². The lowest BCUT2D eigenvalue weighted by Gasteiger charge is -2.39. The number of carboxylic acids is 1. The van der Waals surface area contributed by atoms with Crippen molar-refractivity contribution in [3.05, 3.63) is 53.6 Å². The molecule has 1 aliphatic rings. The van der Waals surface area contributed by atoms with Crippen molar-refractivity contribution in [3.8, 4) is 5.75 Å². The zero-order valence-corrected chi connectivity index (χ0v) is 17.1. The molecule has 2 unspecified atom stereocenters. The predicted octanol–water partition coefficient (Wildman–Crippen LogP) is 5.21. The number of phenols is 1. The number of benzene rings is 1. The highest BCUT2D eigenvalue weighted by Crippen LogP contribution is 2.47. The Kier molecular flexibility index (Phi) is 6.88. The molecular formula is C23H33NO3. The van der Waals surface area contributed by atoms with Gasteiger partial charge in [-0.3, -0.25) is 4.90 Å². The Hall–Kier alpha value is -2.07. The summed E-state index contributed by atoms with van der Waals surface area (Å²) < 4.78 is 0. The summed E-state index contributed by atoms with van der Waals surface area (Å²) in [5.41, 5.74) is 0.782. The second kappa shape index (κ2) is 8.75. The van der Waals surface area contributed by atoms with E-state index in [2.05, 4.69) is 57.7 Å². The van der Waals surface area contributed by atoms with Crippen LogP contribution in [0.25, 0.3) is 0 Å². The van der Waals surface area contributed by atoms with Crippen molar-refractivity contribution >= 4 is 5.97 Å². The van der Waals surface area contributed by atoms with Gasteiger partial charge in [-0.15, -0.1) is 0 Å². The van der Waals surface area contributed by atoms with Crippen LogP contribution in [0.5, 0.6) is 5.75 Å². The minimum Gasteiger partial charge on any atom is -0.508 e. The number of nitrogens with zero attached hydrogens (tertiary/aromatic N) is 1. The van der Waals surface area contributed by atoms with E-state index in [9.17, 15) is 15.0 Å². The lowest BCUT2D eigenvalue weighted by molar-refractivity contribution is 0.0696. The van der Waals surface area contributed by atoms with Crippen LogP contribution in [0.15, 0.2) is 42.5 Å². The SMILES string of the molecule is CC(C)N(CCC(c1cc(C(=O)O)ccc1O)C1(C)C=CC=CC1)C(C)C. The maximum Gasteiger partial charge on any atom is 0.335 e. The van der Waals surface area contributed by atoms with Crippen molar-refractivity contribution in [2.45, 2.75) is 65.5 Å². The molecule has 2 N–H and O–H groups in total. The third-order valence-electron chi connectivity index (χ3n) is 5.73. The molecule has 1 aromatic carbocycles. The summed E-state index contributed by atoms with van der Waals surface area (Å²) >= 11 is 0. The summed E-state index contributed by atoms with van der Waals surface area (Å²) in [7, 11) is 0. The van der Waals surface area contributed by atoms with Crippen LogP contribution in [-0.4, -0.2) is 39.7 Å². The summed E-state index contributed by atoms with van der Waals surface area (Å²) in [6, 6.07) is 5.49. The van der Waals surface area contributed by atoms with E-state index in [4.69, 9.17) is 0 Å². The van der Waals surface area contributed by atoms with Crippen LogP contribution in [0.1, 0.15) is 69.3 Å². The summed E-state index contributed by atoms with van der Waals surface area (Å²) in [5.74, 6) is -0.766. The van der Waals surface area contributed by atoms with Gasteiger partial charge < -0.3 is 10.2 Å². The van der Waals surface area contributed by atoms with E-state index in [0.29, 0.717) is 12.1 Å². The van der Waals surface area contributed by atoms with Crippen molar-refractivity contribution in [1.29, 1.82) is 0 Å². The first kappa shape index (κ1) is 21.2. The molecule has 1 aliphatic carbocycles. The van der Waals surface area contributed by atoms with Crippen LogP contribution in [0.3, 0.4) is 0 Å². The molecule has 0 saturated heterocycles. The Bertz CT molecular complexity index is 712. The lowest BCUT2D eigenvalue weighted by atomic mass is 9.68. The van der Waals surface area contributed by atoms with Gasteiger partial charge >= 0.3 is 5.97 Å². The number of allylic oxidation sites excluding steroid dienone is 4. The maximum absolute atomic E-state index is 11.5. The highest BCUT2D eigenvalue weighted by Gasteiger charge is 2.35. The Morgan fingerprint density at radius 1 is 1.19 bits per heavy atom. The van der Waals surface area contributed by atoms with Gasteiger partial charge in [-0.1, -0.05) is 31.2 Å². The van der Waals surface area contributed by atoms with Crippen LogP contribution in [0.2, 0.25) is 0 Å². The smallest absolute Gasteiger partial charge is 0.335 e. The van der Waals surface area contributed by atoms with E-state index >= 15 is 0 Å². The zero-order chi connectivity index (χ0) is 20.2. The van der Waals surface area contributed by atoms with Crippen LogP contribution in [0.4, 0.5) is 0 Å². The number of carboxylic acid groups (broad SMARTS) is 1. The van der Waals surface area contributed by atoms with Gasteiger partial charge in [0.2, 0.25) is 0 Å². The molecule has 0 bridgehead atoms. The van der Waals surface area contributed by atoms with Gasteiger partial charge in [0.15, 0.2) is 0 Å². The second-order valence-corrected chi connectivity index (χ2v) is 8.34. The average Bonchev–Trinajstić information content (AvgIpc) is 2.59. The molecule has 0 aromatic heterocycles. The Morgan fingerprint density at radius 2 is 1.85 bits per heavy atom. The highest BCUT2D eigenvalue weighted by atomic mass is 16.4.